The minimum Gasteiger partial charge on any atom is -0.460 e. The fourth-order valence-electron chi connectivity index (χ4n) is 1.05. The largest absolute Gasteiger partial charge is 0.460 e. The third kappa shape index (κ3) is 2.22. The van der Waals surface area contributed by atoms with Crippen molar-refractivity contribution in [3.63, 3.8) is 0 Å². The van der Waals surface area contributed by atoms with Crippen LogP contribution in [0.3, 0.4) is 0 Å². The van der Waals surface area contributed by atoms with Gasteiger partial charge in [0.1, 0.15) is 19.2 Å². The third-order valence-corrected chi connectivity index (χ3v) is 1.69. The number of hydrogen-bond acceptors (Lipinski definition) is 7. The van der Waals surface area contributed by atoms with Gasteiger partial charge in [0.05, 0.1) is 6.61 Å². The molecule has 0 saturated heterocycles. The molecule has 0 radical (unpaired) electrons. The second-order valence-corrected chi connectivity index (χ2v) is 2.83. The number of carbonyl (C=O) groups is 1. The minimum atomic E-state index is -0.601. The molecule has 8 nitrogen and oxygen atoms in total. The van der Waals surface area contributed by atoms with Gasteiger partial charge >= 0.3 is 5.97 Å². The van der Waals surface area contributed by atoms with E-state index in [1.165, 1.54) is 17.3 Å². The summed E-state index contributed by atoms with van der Waals surface area (Å²) in [6, 6.07) is 0. The molecule has 0 amide bonds. The van der Waals surface area contributed by atoms with Crippen molar-refractivity contribution in [2.75, 3.05) is 6.61 Å². The fourth-order valence-corrected chi connectivity index (χ4v) is 1.05. The molecule has 0 N–H and O–H groups in total. The van der Waals surface area contributed by atoms with Crippen molar-refractivity contribution >= 4 is 5.97 Å². The Morgan fingerprint density at radius 2 is 2.50 bits per heavy atom. The van der Waals surface area contributed by atoms with Gasteiger partial charge < -0.3 is 9.26 Å². The van der Waals surface area contributed by atoms with Crippen LogP contribution in [0, 0.1) is 0 Å². The standard InChI is InChI=1S/C8H9N5O3/c1-2-15-8(14)7-11-6(16-12-7)3-13-5-9-4-10-13/h4-5H,2-3H2,1H3. The third-order valence-electron chi connectivity index (χ3n) is 1.69. The lowest BCUT2D eigenvalue weighted by Crippen LogP contribution is -2.07. The Morgan fingerprint density at radius 1 is 1.62 bits per heavy atom. The Balaban J connectivity index is 2.05. The van der Waals surface area contributed by atoms with Crippen LogP contribution in [-0.2, 0) is 11.3 Å². The molecule has 0 bridgehead atoms. The predicted molar refractivity (Wildman–Crippen MR) is 49.4 cm³/mol. The first-order valence-electron chi connectivity index (χ1n) is 4.61. The fraction of sp³-hybridized carbons (Fsp3) is 0.375. The summed E-state index contributed by atoms with van der Waals surface area (Å²) in [5.41, 5.74) is 0. The summed E-state index contributed by atoms with van der Waals surface area (Å²) < 4.78 is 11.1. The molecule has 2 aromatic rings. The quantitative estimate of drug-likeness (QED) is 0.667. The van der Waals surface area contributed by atoms with Gasteiger partial charge in [0.2, 0.25) is 5.89 Å². The Kier molecular flexibility index (Phi) is 2.90. The van der Waals surface area contributed by atoms with E-state index in [9.17, 15) is 4.79 Å². The summed E-state index contributed by atoms with van der Waals surface area (Å²) >= 11 is 0. The molecule has 0 aliphatic carbocycles. The van der Waals surface area contributed by atoms with Crippen LogP contribution >= 0.6 is 0 Å². The molecule has 0 aliphatic heterocycles. The van der Waals surface area contributed by atoms with Crippen LogP contribution in [0.5, 0.6) is 0 Å². The Morgan fingerprint density at radius 3 is 3.19 bits per heavy atom. The van der Waals surface area contributed by atoms with E-state index in [0.717, 1.165) is 0 Å². The average molecular weight is 223 g/mol. The van der Waals surface area contributed by atoms with Gasteiger partial charge in [-0.05, 0) is 12.1 Å². The first kappa shape index (κ1) is 10.3. The number of ether oxygens (including phenoxy) is 1. The lowest BCUT2D eigenvalue weighted by Gasteiger charge is -1.94. The molecule has 0 atom stereocenters. The van der Waals surface area contributed by atoms with E-state index in [4.69, 9.17) is 9.26 Å². The zero-order chi connectivity index (χ0) is 11.4. The lowest BCUT2D eigenvalue weighted by molar-refractivity contribution is 0.0508. The molecule has 0 unspecified atom stereocenters. The van der Waals surface area contributed by atoms with Gasteiger partial charge in [-0.25, -0.2) is 14.5 Å². The highest BCUT2D eigenvalue weighted by molar-refractivity contribution is 5.84. The first-order valence-corrected chi connectivity index (χ1v) is 4.61. The van der Waals surface area contributed by atoms with E-state index in [1.54, 1.807) is 6.92 Å². The van der Waals surface area contributed by atoms with Crippen LogP contribution < -0.4 is 0 Å². The summed E-state index contributed by atoms with van der Waals surface area (Å²) in [4.78, 5) is 18.8. The molecule has 0 saturated carbocycles. The first-order chi connectivity index (χ1) is 7.79. The van der Waals surface area contributed by atoms with Crippen molar-refractivity contribution in [1.29, 1.82) is 0 Å². The van der Waals surface area contributed by atoms with Crippen molar-refractivity contribution in [3.8, 4) is 0 Å². The molecular formula is C8H9N5O3. The SMILES string of the molecule is CCOC(=O)c1noc(Cn2cncn2)n1. The smallest absolute Gasteiger partial charge is 0.379 e. The number of aromatic nitrogens is 5. The molecule has 0 spiro atoms. The second kappa shape index (κ2) is 4.51. The van der Waals surface area contributed by atoms with Gasteiger partial charge in [-0.15, -0.1) is 0 Å². The number of nitrogens with zero attached hydrogens (tertiary/aromatic N) is 5. The summed E-state index contributed by atoms with van der Waals surface area (Å²) in [7, 11) is 0. The van der Waals surface area contributed by atoms with E-state index in [2.05, 4.69) is 20.2 Å². The Hall–Kier alpha value is -2.25. The van der Waals surface area contributed by atoms with Gasteiger partial charge in [-0.2, -0.15) is 10.1 Å². The van der Waals surface area contributed by atoms with Crippen LogP contribution in [-0.4, -0.2) is 37.5 Å². The highest BCUT2D eigenvalue weighted by atomic mass is 16.5. The monoisotopic (exact) mass is 223 g/mol. The predicted octanol–water partition coefficient (Wildman–Crippen LogP) is -0.114. The van der Waals surface area contributed by atoms with Gasteiger partial charge in [0.25, 0.3) is 5.82 Å². The highest BCUT2D eigenvalue weighted by Crippen LogP contribution is 2.00. The Bertz CT molecular complexity index is 464. The molecular weight excluding hydrogens is 214 g/mol. The van der Waals surface area contributed by atoms with Crippen LogP contribution in [0.4, 0.5) is 0 Å². The maximum Gasteiger partial charge on any atom is 0.379 e. The van der Waals surface area contributed by atoms with Crippen molar-refractivity contribution in [1.82, 2.24) is 24.9 Å². The molecule has 0 fully saturated rings. The van der Waals surface area contributed by atoms with E-state index < -0.39 is 5.97 Å². The number of esters is 1. The van der Waals surface area contributed by atoms with E-state index >= 15 is 0 Å². The molecule has 2 rings (SSSR count). The topological polar surface area (TPSA) is 95.9 Å². The van der Waals surface area contributed by atoms with Gasteiger partial charge in [-0.1, -0.05) is 0 Å². The summed E-state index contributed by atoms with van der Waals surface area (Å²) in [6.45, 7) is 2.24. The summed E-state index contributed by atoms with van der Waals surface area (Å²) in [6.07, 6.45) is 2.90. The number of carbonyl (C=O) groups excluding carboxylic acids is 1. The van der Waals surface area contributed by atoms with E-state index in [1.807, 2.05) is 0 Å². The molecule has 84 valence electrons. The summed E-state index contributed by atoms with van der Waals surface area (Å²) in [5.74, 6) is -0.415. The lowest BCUT2D eigenvalue weighted by atomic mass is 10.6. The Labute approximate surface area is 90.2 Å². The highest BCUT2D eigenvalue weighted by Gasteiger charge is 2.15. The van der Waals surface area contributed by atoms with Crippen LogP contribution in [0.1, 0.15) is 23.4 Å². The molecule has 8 heteroatoms. The van der Waals surface area contributed by atoms with E-state index in [0.29, 0.717) is 0 Å². The minimum absolute atomic E-state index is 0.0861. The molecule has 16 heavy (non-hydrogen) atoms. The maximum atomic E-state index is 11.2. The van der Waals surface area contributed by atoms with Crippen LogP contribution in [0.25, 0.3) is 0 Å². The van der Waals surface area contributed by atoms with Crippen molar-refractivity contribution in [3.05, 3.63) is 24.4 Å². The van der Waals surface area contributed by atoms with Crippen LogP contribution in [0.2, 0.25) is 0 Å². The average Bonchev–Trinajstić information content (AvgIpc) is 2.90. The molecule has 0 aromatic carbocycles. The van der Waals surface area contributed by atoms with E-state index in [-0.39, 0.29) is 24.9 Å². The van der Waals surface area contributed by atoms with Gasteiger partial charge in [-0.3, -0.25) is 0 Å². The maximum absolute atomic E-state index is 11.2. The zero-order valence-corrected chi connectivity index (χ0v) is 8.53. The molecule has 0 aliphatic rings. The van der Waals surface area contributed by atoms with Crippen LogP contribution in [0.15, 0.2) is 17.2 Å². The van der Waals surface area contributed by atoms with Crippen molar-refractivity contribution in [2.45, 2.75) is 13.5 Å². The van der Waals surface area contributed by atoms with Gasteiger partial charge in [0.15, 0.2) is 0 Å². The number of hydrogen-bond donors (Lipinski definition) is 0. The zero-order valence-electron chi connectivity index (χ0n) is 8.53. The molecule has 2 aromatic heterocycles. The second-order valence-electron chi connectivity index (χ2n) is 2.83. The summed E-state index contributed by atoms with van der Waals surface area (Å²) in [5, 5.41) is 7.36. The molecule has 2 heterocycles. The van der Waals surface area contributed by atoms with Crippen molar-refractivity contribution < 1.29 is 14.1 Å². The van der Waals surface area contributed by atoms with Gasteiger partial charge in [0, 0.05) is 0 Å². The normalized spacial score (nSPS) is 10.3. The number of rotatable bonds is 4. The van der Waals surface area contributed by atoms with Crippen molar-refractivity contribution in [2.24, 2.45) is 0 Å².